The summed E-state index contributed by atoms with van der Waals surface area (Å²) in [6.07, 6.45) is 0. The zero-order chi connectivity index (χ0) is 4.50. The van der Waals surface area contributed by atoms with Crippen molar-refractivity contribution in [2.24, 2.45) is 0 Å². The Morgan fingerprint density at radius 1 is 1.25 bits per heavy atom. The molecule has 0 aromatic rings. The summed E-state index contributed by atoms with van der Waals surface area (Å²) >= 11 is 0. The molecule has 0 aromatic carbocycles. The number of hydrogen-bond acceptors (Lipinski definition) is 3. The van der Waals surface area contributed by atoms with E-state index in [4.69, 9.17) is 14.4 Å². The minimum absolute atomic E-state index is 0. The molecule has 0 aromatic heterocycles. The summed E-state index contributed by atoms with van der Waals surface area (Å²) in [5.41, 5.74) is 0. The zero-order valence-electron chi connectivity index (χ0n) is 4.50. The van der Waals surface area contributed by atoms with Crippen molar-refractivity contribution in [3.8, 4) is 0 Å². The molecule has 0 atom stereocenters. The summed E-state index contributed by atoms with van der Waals surface area (Å²) in [5.74, 6) is 0. The van der Waals surface area contributed by atoms with E-state index in [1.807, 2.05) is 0 Å². The first-order valence-electron chi connectivity index (χ1n) is 0.717. The molecule has 8 heteroatoms. The van der Waals surface area contributed by atoms with Crippen LogP contribution >= 0.6 is 7.91 Å². The van der Waals surface area contributed by atoms with Crippen molar-refractivity contribution in [2.75, 3.05) is 0 Å². The van der Waals surface area contributed by atoms with E-state index in [-0.39, 0.29) is 121 Å². The van der Waals surface area contributed by atoms with Gasteiger partial charge in [-0.15, -0.1) is 0 Å². The van der Waals surface area contributed by atoms with Crippen LogP contribution in [0.5, 0.6) is 0 Å². The van der Waals surface area contributed by atoms with Crippen LogP contribution in [0.2, 0.25) is 0 Å². The Kier molecular flexibility index (Phi) is 31.0. The van der Waals surface area contributed by atoms with Crippen molar-refractivity contribution in [3.63, 3.8) is 0 Å². The molecule has 3 nitrogen and oxygen atoms in total. The predicted molar refractivity (Wildman–Crippen MR) is 8.71 cm³/mol. The monoisotopic (exact) mass is 227 g/mol. The van der Waals surface area contributed by atoms with E-state index in [2.05, 4.69) is 0 Å². The number of hydrogen-bond donors (Lipinski definition) is 0. The Balaban J connectivity index is -0.0000000267. The van der Waals surface area contributed by atoms with Crippen molar-refractivity contribution < 1.29 is 140 Å². The summed E-state index contributed by atoms with van der Waals surface area (Å²) in [6, 6.07) is 0. The largest absolute Gasteiger partial charge is 1.00 e. The normalized spacial score (nSPS) is 7.38. The fourth-order valence-electron chi connectivity index (χ4n) is 0. The first kappa shape index (κ1) is 22.7. The molecule has 0 saturated carbocycles. The van der Waals surface area contributed by atoms with Crippen LogP contribution in [-0.4, -0.2) is 0 Å². The topological polar surface area (TPSA) is 63.2 Å². The Morgan fingerprint density at radius 3 is 1.25 bits per heavy atom. The summed E-state index contributed by atoms with van der Waals surface area (Å²) in [4.78, 5) is 16.9. The molecular formula is FK2O3PV. The molecule has 37 valence electrons. The van der Waals surface area contributed by atoms with Gasteiger partial charge in [-0.05, 0) is 0 Å². The molecular weight excluding hydrogens is 227 g/mol. The van der Waals surface area contributed by atoms with E-state index in [0.29, 0.717) is 0 Å². The Morgan fingerprint density at radius 2 is 1.25 bits per heavy atom. The van der Waals surface area contributed by atoms with Crippen LogP contribution in [0, 0.1) is 0 Å². The van der Waals surface area contributed by atoms with Crippen molar-refractivity contribution in [3.05, 3.63) is 0 Å². The standard InChI is InChI=1S/FH2O3P.2K.V/c1-5(2,3)4;;;/h(H2,2,3,4);;;/q;2*+1;/p-2. The third kappa shape index (κ3) is 51.2. The first-order chi connectivity index (χ1) is 2.00. The second-order valence-electron chi connectivity index (χ2n) is 0.431. The van der Waals surface area contributed by atoms with Crippen molar-refractivity contribution in [1.29, 1.82) is 0 Å². The maximum Gasteiger partial charge on any atom is 1.00 e. The van der Waals surface area contributed by atoms with Gasteiger partial charge in [0.1, 0.15) is 7.91 Å². The van der Waals surface area contributed by atoms with E-state index in [9.17, 15) is 4.20 Å². The molecule has 0 spiro atoms. The zero-order valence-corrected chi connectivity index (χ0v) is 13.0. The van der Waals surface area contributed by atoms with E-state index in [1.54, 1.807) is 0 Å². The van der Waals surface area contributed by atoms with Gasteiger partial charge in [-0.25, -0.2) is 4.20 Å². The molecule has 1 radical (unpaired) electrons. The van der Waals surface area contributed by atoms with Crippen molar-refractivity contribution in [1.82, 2.24) is 0 Å². The van der Waals surface area contributed by atoms with Gasteiger partial charge < -0.3 is 14.4 Å². The average molecular weight is 227 g/mol. The van der Waals surface area contributed by atoms with E-state index in [1.165, 1.54) is 0 Å². The van der Waals surface area contributed by atoms with Gasteiger partial charge in [-0.3, -0.25) is 0 Å². The molecule has 8 heavy (non-hydrogen) atoms. The quantitative estimate of drug-likeness (QED) is 0.305. The van der Waals surface area contributed by atoms with Gasteiger partial charge >= 0.3 is 103 Å². The fourth-order valence-corrected chi connectivity index (χ4v) is 0. The Bertz CT molecular complexity index is 63.4. The van der Waals surface area contributed by atoms with Gasteiger partial charge in [-0.1, -0.05) is 0 Å². The summed E-state index contributed by atoms with van der Waals surface area (Å²) in [7, 11) is -5.64. The molecule has 0 rings (SSSR count). The molecule has 0 heterocycles. The second kappa shape index (κ2) is 10.9. The van der Waals surface area contributed by atoms with E-state index < -0.39 is 7.91 Å². The van der Waals surface area contributed by atoms with Crippen LogP contribution in [0.15, 0.2) is 0 Å². The predicted octanol–water partition coefficient (Wildman–Crippen LogP) is -7.21. The second-order valence-corrected chi connectivity index (χ2v) is 1.29. The van der Waals surface area contributed by atoms with Gasteiger partial charge in [0.15, 0.2) is 0 Å². The van der Waals surface area contributed by atoms with Gasteiger partial charge in [-0.2, -0.15) is 0 Å². The molecule has 0 aliphatic carbocycles. The summed E-state index contributed by atoms with van der Waals surface area (Å²) in [6.45, 7) is 0. The minimum atomic E-state index is -5.64. The van der Waals surface area contributed by atoms with Crippen molar-refractivity contribution in [2.45, 2.75) is 0 Å². The van der Waals surface area contributed by atoms with Crippen LogP contribution in [0.3, 0.4) is 0 Å². The minimum Gasteiger partial charge on any atom is -0.786 e. The maximum atomic E-state index is 10.1. The maximum absolute atomic E-state index is 10.1. The van der Waals surface area contributed by atoms with E-state index >= 15 is 0 Å². The molecule has 0 aliphatic rings. The first-order valence-corrected chi connectivity index (χ1v) is 2.15. The number of halogens is 1. The van der Waals surface area contributed by atoms with Crippen LogP contribution in [-0.2, 0) is 23.1 Å². The van der Waals surface area contributed by atoms with Gasteiger partial charge in [0.2, 0.25) is 0 Å². The Labute approximate surface area is 144 Å². The fraction of sp³-hybridized carbons (Fsp3) is 0. The third-order valence-corrected chi connectivity index (χ3v) is 0. The summed E-state index contributed by atoms with van der Waals surface area (Å²) in [5, 5.41) is 0. The SMILES string of the molecule is O=P([O-])([O-])F.[K+].[K+].[V]. The molecule has 0 amide bonds. The van der Waals surface area contributed by atoms with Crippen molar-refractivity contribution >= 4 is 7.91 Å². The molecule has 0 fully saturated rings. The van der Waals surface area contributed by atoms with Gasteiger partial charge in [0.05, 0.1) is 0 Å². The molecule has 0 aliphatic heterocycles. The smallest absolute Gasteiger partial charge is 0.786 e. The molecule has 0 unspecified atom stereocenters. The van der Waals surface area contributed by atoms with Gasteiger partial charge in [0, 0.05) is 18.6 Å². The third-order valence-electron chi connectivity index (χ3n) is 0. The molecule has 0 N–H and O–H groups in total. The van der Waals surface area contributed by atoms with E-state index in [0.717, 1.165) is 0 Å². The van der Waals surface area contributed by atoms with Gasteiger partial charge in [0.25, 0.3) is 0 Å². The van der Waals surface area contributed by atoms with Crippen LogP contribution in [0.4, 0.5) is 4.20 Å². The van der Waals surface area contributed by atoms with Crippen LogP contribution in [0.25, 0.3) is 0 Å². The Hall–Kier alpha value is 3.94. The number of rotatable bonds is 0. The molecule has 0 bridgehead atoms. The van der Waals surface area contributed by atoms with Crippen LogP contribution in [0.1, 0.15) is 0 Å². The molecule has 0 saturated heterocycles. The average Bonchev–Trinajstić information content (AvgIpc) is 0.722. The summed E-state index contributed by atoms with van der Waals surface area (Å²) < 4.78 is 18.6. The van der Waals surface area contributed by atoms with Crippen LogP contribution < -0.4 is 113 Å².